The van der Waals surface area contributed by atoms with Crippen molar-refractivity contribution in [2.45, 2.75) is 28.0 Å². The Hall–Kier alpha value is -3.82. The van der Waals surface area contributed by atoms with E-state index in [9.17, 15) is 0 Å². The molecule has 0 N–H and O–H groups in total. The normalized spacial score (nSPS) is 15.6. The minimum Gasteiger partial charge on any atom is -0.399 e. The smallest absolute Gasteiger partial charge is 0.187 e. The van der Waals surface area contributed by atoms with Gasteiger partial charge in [-0.3, -0.25) is 14.4 Å². The monoisotopic (exact) mass is 496 g/mol. The van der Waals surface area contributed by atoms with Crippen LogP contribution in [0.5, 0.6) is 0 Å². The van der Waals surface area contributed by atoms with E-state index in [0.717, 1.165) is 39.4 Å². The van der Waals surface area contributed by atoms with Crippen molar-refractivity contribution in [2.24, 2.45) is 5.16 Å². The molecular weight excluding hydrogens is 472 g/mol. The molecule has 1 saturated heterocycles. The summed E-state index contributed by atoms with van der Waals surface area (Å²) in [5, 5.41) is 12.8. The van der Waals surface area contributed by atoms with Crippen LogP contribution in [0.1, 0.15) is 18.4 Å². The first-order valence-corrected chi connectivity index (χ1v) is 12.6. The molecule has 0 radical (unpaired) electrons. The molecule has 0 atom stereocenters. The number of oxime groups is 1. The Balaban J connectivity index is 1.34. The molecule has 0 bridgehead atoms. The number of hydrogen-bond acceptors (Lipinski definition) is 8. The zero-order valence-corrected chi connectivity index (χ0v) is 20.6. The van der Waals surface area contributed by atoms with Crippen molar-refractivity contribution in [2.75, 3.05) is 20.3 Å². The van der Waals surface area contributed by atoms with Gasteiger partial charge in [-0.1, -0.05) is 35.1 Å². The van der Waals surface area contributed by atoms with E-state index in [2.05, 4.69) is 67.8 Å². The third-order valence-electron chi connectivity index (χ3n) is 6.52. The first-order valence-electron chi connectivity index (χ1n) is 11.7. The lowest BCUT2D eigenvalue weighted by Gasteiger charge is -2.34. The van der Waals surface area contributed by atoms with Gasteiger partial charge in [0, 0.05) is 34.6 Å². The molecule has 0 spiro atoms. The summed E-state index contributed by atoms with van der Waals surface area (Å²) < 4.78 is 7.63. The minimum atomic E-state index is -0.183. The number of ether oxygens (including phenoxy) is 1. The molecule has 0 unspecified atom stereocenters. The first kappa shape index (κ1) is 22.6. The van der Waals surface area contributed by atoms with E-state index in [1.54, 1.807) is 31.3 Å². The lowest BCUT2D eigenvalue weighted by Crippen LogP contribution is -2.35. The molecule has 6 rings (SSSR count). The van der Waals surface area contributed by atoms with Crippen molar-refractivity contribution in [3.8, 4) is 11.5 Å². The van der Waals surface area contributed by atoms with Gasteiger partial charge in [-0.15, -0.1) is 10.2 Å². The van der Waals surface area contributed by atoms with E-state index in [1.807, 2.05) is 28.8 Å². The van der Waals surface area contributed by atoms with Crippen LogP contribution in [0, 0.1) is 0 Å². The Morgan fingerprint density at radius 2 is 1.89 bits per heavy atom. The van der Waals surface area contributed by atoms with Gasteiger partial charge in [-0.05, 0) is 60.9 Å². The van der Waals surface area contributed by atoms with Crippen molar-refractivity contribution in [3.63, 3.8) is 0 Å². The summed E-state index contributed by atoms with van der Waals surface area (Å²) in [5.74, 6) is 0.700. The number of nitrogens with zero attached hydrogens (tertiary/aromatic N) is 6. The molecule has 0 saturated carbocycles. The van der Waals surface area contributed by atoms with Crippen molar-refractivity contribution in [3.05, 3.63) is 78.6 Å². The maximum atomic E-state index is 5.62. The van der Waals surface area contributed by atoms with Crippen LogP contribution in [-0.4, -0.2) is 51.1 Å². The van der Waals surface area contributed by atoms with Crippen molar-refractivity contribution >= 4 is 34.7 Å². The van der Waals surface area contributed by atoms with Gasteiger partial charge in [0.25, 0.3) is 0 Å². The standard InChI is InChI=1S/C27H24N6O2S/c1-34-30-18-27(10-13-35-14-11-27)19-5-4-6-20(15-19)36-21-8-9-24-23(16-21)29-17-25-31-32-26(33(24)25)22-7-2-3-12-28-22/h2-9,12,15-18H,10-11,13-14H2,1H3. The van der Waals surface area contributed by atoms with Crippen LogP contribution < -0.4 is 0 Å². The van der Waals surface area contributed by atoms with Gasteiger partial charge in [-0.2, -0.15) is 0 Å². The van der Waals surface area contributed by atoms with Gasteiger partial charge < -0.3 is 9.57 Å². The van der Waals surface area contributed by atoms with Crippen LogP contribution in [0.2, 0.25) is 0 Å². The fourth-order valence-electron chi connectivity index (χ4n) is 4.65. The molecule has 36 heavy (non-hydrogen) atoms. The zero-order valence-electron chi connectivity index (χ0n) is 19.7. The van der Waals surface area contributed by atoms with Gasteiger partial charge in [0.05, 0.1) is 23.4 Å². The molecule has 4 heterocycles. The molecule has 1 aliphatic rings. The molecular formula is C27H24N6O2S. The van der Waals surface area contributed by atoms with E-state index >= 15 is 0 Å². The van der Waals surface area contributed by atoms with Crippen molar-refractivity contribution < 1.29 is 9.57 Å². The van der Waals surface area contributed by atoms with E-state index in [1.165, 1.54) is 5.56 Å². The molecule has 3 aromatic heterocycles. The van der Waals surface area contributed by atoms with Gasteiger partial charge in [0.1, 0.15) is 12.8 Å². The molecule has 1 aliphatic heterocycles. The molecule has 1 fully saturated rings. The summed E-state index contributed by atoms with van der Waals surface area (Å²) in [7, 11) is 1.58. The largest absolute Gasteiger partial charge is 0.399 e. The van der Waals surface area contributed by atoms with Crippen LogP contribution in [0.3, 0.4) is 0 Å². The molecule has 8 nitrogen and oxygen atoms in total. The second kappa shape index (κ2) is 9.67. The number of rotatable bonds is 6. The van der Waals surface area contributed by atoms with E-state index < -0.39 is 0 Å². The third kappa shape index (κ3) is 4.20. The van der Waals surface area contributed by atoms with Crippen LogP contribution in [-0.2, 0) is 15.0 Å². The van der Waals surface area contributed by atoms with Gasteiger partial charge in [0.15, 0.2) is 11.5 Å². The molecule has 9 heteroatoms. The lowest BCUT2D eigenvalue weighted by atomic mass is 9.75. The van der Waals surface area contributed by atoms with Crippen LogP contribution in [0.15, 0.2) is 88.0 Å². The quantitative estimate of drug-likeness (QED) is 0.237. The zero-order chi connectivity index (χ0) is 24.4. The Bertz CT molecular complexity index is 1550. The summed E-state index contributed by atoms with van der Waals surface area (Å²) >= 11 is 1.71. The molecule has 0 aliphatic carbocycles. The Morgan fingerprint density at radius 3 is 2.72 bits per heavy atom. The average molecular weight is 497 g/mol. The summed E-state index contributed by atoms with van der Waals surface area (Å²) in [5.41, 5.74) is 4.31. The highest BCUT2D eigenvalue weighted by Gasteiger charge is 2.33. The van der Waals surface area contributed by atoms with Gasteiger partial charge >= 0.3 is 0 Å². The fourth-order valence-corrected chi connectivity index (χ4v) is 5.56. The van der Waals surface area contributed by atoms with E-state index in [4.69, 9.17) is 9.57 Å². The molecule has 180 valence electrons. The van der Waals surface area contributed by atoms with Crippen molar-refractivity contribution in [1.29, 1.82) is 0 Å². The predicted molar refractivity (Wildman–Crippen MR) is 139 cm³/mol. The highest BCUT2D eigenvalue weighted by molar-refractivity contribution is 7.99. The number of benzene rings is 2. The summed E-state index contributed by atoms with van der Waals surface area (Å²) in [6.07, 6.45) is 7.20. The Kier molecular flexibility index (Phi) is 6.08. The fraction of sp³-hybridized carbons (Fsp3) is 0.222. The van der Waals surface area contributed by atoms with Gasteiger partial charge in [-0.25, -0.2) is 0 Å². The van der Waals surface area contributed by atoms with Crippen LogP contribution in [0.25, 0.3) is 28.2 Å². The highest BCUT2D eigenvalue weighted by Crippen LogP contribution is 2.37. The Labute approximate surface area is 212 Å². The number of hydrogen-bond donors (Lipinski definition) is 0. The highest BCUT2D eigenvalue weighted by atomic mass is 32.2. The van der Waals surface area contributed by atoms with Crippen LogP contribution >= 0.6 is 11.8 Å². The second-order valence-electron chi connectivity index (χ2n) is 8.66. The SMILES string of the molecule is CON=CC1(c2cccc(Sc3ccc4c(c3)ncc3nnc(-c5ccccn5)n34)c2)CCOCC1. The number of pyridine rings is 1. The predicted octanol–water partition coefficient (Wildman–Crippen LogP) is 5.17. The number of fused-ring (bicyclic) bond motifs is 3. The Morgan fingerprint density at radius 1 is 1.00 bits per heavy atom. The summed E-state index contributed by atoms with van der Waals surface area (Å²) in [4.78, 5) is 16.4. The van der Waals surface area contributed by atoms with Crippen molar-refractivity contribution in [1.82, 2.24) is 24.6 Å². The maximum Gasteiger partial charge on any atom is 0.187 e. The van der Waals surface area contributed by atoms with E-state index in [-0.39, 0.29) is 5.41 Å². The minimum absolute atomic E-state index is 0.183. The first-order chi connectivity index (χ1) is 17.8. The third-order valence-corrected chi connectivity index (χ3v) is 7.50. The molecule has 0 amide bonds. The topological polar surface area (TPSA) is 86.8 Å². The second-order valence-corrected chi connectivity index (χ2v) is 9.80. The lowest BCUT2D eigenvalue weighted by molar-refractivity contribution is 0.0708. The number of aromatic nitrogens is 5. The summed E-state index contributed by atoms with van der Waals surface area (Å²) in [6.45, 7) is 1.42. The summed E-state index contributed by atoms with van der Waals surface area (Å²) in [6, 6.07) is 20.7. The average Bonchev–Trinajstić information content (AvgIpc) is 3.38. The van der Waals surface area contributed by atoms with Crippen LogP contribution in [0.4, 0.5) is 0 Å². The molecule has 2 aromatic carbocycles. The van der Waals surface area contributed by atoms with E-state index in [0.29, 0.717) is 24.7 Å². The maximum absolute atomic E-state index is 5.62. The van der Waals surface area contributed by atoms with Gasteiger partial charge in [0.2, 0.25) is 0 Å². The molecule has 5 aromatic rings.